The van der Waals surface area contributed by atoms with Crippen molar-refractivity contribution in [2.75, 3.05) is 7.11 Å². The summed E-state index contributed by atoms with van der Waals surface area (Å²) in [6.07, 6.45) is 4.83. The van der Waals surface area contributed by atoms with Gasteiger partial charge < -0.3 is 9.14 Å². The molecule has 0 bridgehead atoms. The molecule has 0 fully saturated rings. The van der Waals surface area contributed by atoms with Crippen molar-refractivity contribution in [1.29, 1.82) is 0 Å². The highest BCUT2D eigenvalue weighted by molar-refractivity contribution is 5.66. The Morgan fingerprint density at radius 2 is 2.23 bits per heavy atom. The summed E-state index contributed by atoms with van der Waals surface area (Å²) in [6.45, 7) is 3.88. The van der Waals surface area contributed by atoms with Gasteiger partial charge >= 0.3 is 0 Å². The molecule has 0 amide bonds. The van der Waals surface area contributed by atoms with E-state index in [0.29, 0.717) is 0 Å². The lowest BCUT2D eigenvalue weighted by molar-refractivity contribution is 0.417. The van der Waals surface area contributed by atoms with Crippen molar-refractivity contribution >= 4 is 5.52 Å². The van der Waals surface area contributed by atoms with Crippen LogP contribution in [-0.4, -0.2) is 11.5 Å². The molecule has 0 aliphatic carbocycles. The Labute approximate surface area is 77.8 Å². The summed E-state index contributed by atoms with van der Waals surface area (Å²) in [5, 5.41) is 0. The molecule has 0 N–H and O–H groups in total. The SMILES string of the molecule is [CH2]Cc1ccn2cccc(OC)c12. The molecule has 0 atom stereocenters. The minimum atomic E-state index is 0.789. The quantitative estimate of drug-likeness (QED) is 0.681. The molecule has 0 spiro atoms. The van der Waals surface area contributed by atoms with E-state index in [0.717, 1.165) is 17.7 Å². The first kappa shape index (κ1) is 8.17. The third kappa shape index (κ3) is 1.18. The van der Waals surface area contributed by atoms with Gasteiger partial charge in [0.1, 0.15) is 5.75 Å². The van der Waals surface area contributed by atoms with Gasteiger partial charge in [-0.1, -0.05) is 0 Å². The summed E-state index contributed by atoms with van der Waals surface area (Å²) in [7, 11) is 1.69. The zero-order chi connectivity index (χ0) is 9.26. The van der Waals surface area contributed by atoms with E-state index in [2.05, 4.69) is 17.4 Å². The predicted molar refractivity (Wildman–Crippen MR) is 53.0 cm³/mol. The third-order valence-electron chi connectivity index (χ3n) is 2.22. The van der Waals surface area contributed by atoms with Crippen LogP contribution >= 0.6 is 0 Å². The third-order valence-corrected chi connectivity index (χ3v) is 2.22. The number of ether oxygens (including phenoxy) is 1. The second kappa shape index (κ2) is 3.13. The van der Waals surface area contributed by atoms with Gasteiger partial charge in [-0.15, -0.1) is 0 Å². The average Bonchev–Trinajstić information content (AvgIpc) is 2.60. The lowest BCUT2D eigenvalue weighted by atomic mass is 10.2. The molecule has 13 heavy (non-hydrogen) atoms. The van der Waals surface area contributed by atoms with E-state index in [4.69, 9.17) is 4.74 Å². The van der Waals surface area contributed by atoms with E-state index >= 15 is 0 Å². The Kier molecular flexibility index (Phi) is 1.97. The fraction of sp³-hybridized carbons (Fsp3) is 0.182. The molecule has 0 aromatic carbocycles. The highest BCUT2D eigenvalue weighted by Gasteiger charge is 2.05. The molecular formula is C11H12NO. The standard InChI is InChI=1S/C11H12NO/c1-3-9-6-8-12-7-4-5-10(13-2)11(9)12/h4-8H,1,3H2,2H3. The minimum Gasteiger partial charge on any atom is -0.495 e. The predicted octanol–water partition coefficient (Wildman–Crippen LogP) is 2.32. The van der Waals surface area contributed by atoms with E-state index in [9.17, 15) is 0 Å². The summed E-state index contributed by atoms with van der Waals surface area (Å²) in [5.41, 5.74) is 2.34. The second-order valence-corrected chi connectivity index (χ2v) is 2.92. The van der Waals surface area contributed by atoms with E-state index in [1.54, 1.807) is 7.11 Å². The summed E-state index contributed by atoms with van der Waals surface area (Å²) < 4.78 is 7.33. The maximum Gasteiger partial charge on any atom is 0.143 e. The van der Waals surface area contributed by atoms with Crippen molar-refractivity contribution in [2.24, 2.45) is 0 Å². The van der Waals surface area contributed by atoms with Crippen LogP contribution < -0.4 is 4.74 Å². The number of hydrogen-bond acceptors (Lipinski definition) is 1. The maximum absolute atomic E-state index is 5.28. The number of pyridine rings is 1. The first-order chi connectivity index (χ1) is 6.36. The van der Waals surface area contributed by atoms with Crippen LogP contribution in [0, 0.1) is 6.92 Å². The maximum atomic E-state index is 5.28. The molecule has 0 aliphatic rings. The van der Waals surface area contributed by atoms with E-state index in [1.165, 1.54) is 5.56 Å². The van der Waals surface area contributed by atoms with Crippen LogP contribution in [0.2, 0.25) is 0 Å². The van der Waals surface area contributed by atoms with Gasteiger partial charge in [-0.2, -0.15) is 0 Å². The van der Waals surface area contributed by atoms with Gasteiger partial charge in [0.05, 0.1) is 12.6 Å². The lowest BCUT2D eigenvalue weighted by Gasteiger charge is -2.04. The first-order valence-electron chi connectivity index (χ1n) is 4.28. The highest BCUT2D eigenvalue weighted by atomic mass is 16.5. The molecule has 0 aliphatic heterocycles. The van der Waals surface area contributed by atoms with E-state index in [1.807, 2.05) is 24.5 Å². The Balaban J connectivity index is 2.76. The molecule has 1 radical (unpaired) electrons. The van der Waals surface area contributed by atoms with Crippen molar-refractivity contribution in [3.63, 3.8) is 0 Å². The van der Waals surface area contributed by atoms with Crippen molar-refractivity contribution in [3.8, 4) is 5.75 Å². The fourth-order valence-electron chi connectivity index (χ4n) is 1.57. The average molecular weight is 174 g/mol. The minimum absolute atomic E-state index is 0.789. The van der Waals surface area contributed by atoms with Gasteiger partial charge in [0.25, 0.3) is 0 Å². The van der Waals surface area contributed by atoms with Crippen LogP contribution in [0.25, 0.3) is 5.52 Å². The monoisotopic (exact) mass is 174 g/mol. The van der Waals surface area contributed by atoms with E-state index < -0.39 is 0 Å². The van der Waals surface area contributed by atoms with Crippen molar-refractivity contribution in [2.45, 2.75) is 6.42 Å². The van der Waals surface area contributed by atoms with Gasteiger partial charge in [-0.05, 0) is 37.1 Å². The van der Waals surface area contributed by atoms with Gasteiger partial charge in [-0.25, -0.2) is 0 Å². The Morgan fingerprint density at radius 3 is 2.92 bits per heavy atom. The molecule has 2 aromatic rings. The van der Waals surface area contributed by atoms with E-state index in [-0.39, 0.29) is 0 Å². The summed E-state index contributed by atoms with van der Waals surface area (Å²) in [6, 6.07) is 6.01. The summed E-state index contributed by atoms with van der Waals surface area (Å²) in [5.74, 6) is 0.908. The number of hydrogen-bond donors (Lipinski definition) is 0. The van der Waals surface area contributed by atoms with Crippen LogP contribution in [-0.2, 0) is 6.42 Å². The molecule has 2 aromatic heterocycles. The highest BCUT2D eigenvalue weighted by Crippen LogP contribution is 2.23. The van der Waals surface area contributed by atoms with Crippen LogP contribution in [0.1, 0.15) is 5.56 Å². The zero-order valence-corrected chi connectivity index (χ0v) is 7.66. The smallest absolute Gasteiger partial charge is 0.143 e. The lowest BCUT2D eigenvalue weighted by Crippen LogP contribution is -1.90. The van der Waals surface area contributed by atoms with Crippen LogP contribution in [0.15, 0.2) is 30.6 Å². The Bertz CT molecular complexity index is 417. The molecule has 2 heterocycles. The van der Waals surface area contributed by atoms with Gasteiger partial charge in [0, 0.05) is 12.4 Å². The number of nitrogens with zero attached hydrogens (tertiary/aromatic N) is 1. The number of rotatable bonds is 2. The summed E-state index contributed by atoms with van der Waals surface area (Å²) in [4.78, 5) is 0. The number of fused-ring (bicyclic) bond motifs is 1. The Hall–Kier alpha value is -1.44. The normalized spacial score (nSPS) is 10.6. The van der Waals surface area contributed by atoms with Crippen molar-refractivity contribution in [1.82, 2.24) is 4.40 Å². The van der Waals surface area contributed by atoms with Crippen LogP contribution in [0.5, 0.6) is 5.75 Å². The van der Waals surface area contributed by atoms with Crippen molar-refractivity contribution < 1.29 is 4.74 Å². The first-order valence-corrected chi connectivity index (χ1v) is 4.28. The second-order valence-electron chi connectivity index (χ2n) is 2.92. The fourth-order valence-corrected chi connectivity index (χ4v) is 1.57. The van der Waals surface area contributed by atoms with Crippen LogP contribution in [0.4, 0.5) is 0 Å². The molecule has 0 saturated carbocycles. The Morgan fingerprint density at radius 1 is 1.38 bits per heavy atom. The molecular weight excluding hydrogens is 162 g/mol. The molecule has 0 saturated heterocycles. The molecule has 2 rings (SSSR count). The zero-order valence-electron chi connectivity index (χ0n) is 7.66. The molecule has 67 valence electrons. The van der Waals surface area contributed by atoms with Crippen molar-refractivity contribution in [3.05, 3.63) is 43.1 Å². The summed E-state index contributed by atoms with van der Waals surface area (Å²) >= 11 is 0. The topological polar surface area (TPSA) is 13.6 Å². The number of aromatic nitrogens is 1. The van der Waals surface area contributed by atoms with Gasteiger partial charge in [0.2, 0.25) is 0 Å². The molecule has 2 nitrogen and oxygen atoms in total. The largest absolute Gasteiger partial charge is 0.495 e. The molecule has 0 unspecified atom stereocenters. The number of methoxy groups -OCH3 is 1. The molecule has 2 heteroatoms. The van der Waals surface area contributed by atoms with Gasteiger partial charge in [0.15, 0.2) is 0 Å². The van der Waals surface area contributed by atoms with Crippen LogP contribution in [0.3, 0.4) is 0 Å². The van der Waals surface area contributed by atoms with Gasteiger partial charge in [-0.3, -0.25) is 0 Å².